The van der Waals surface area contributed by atoms with E-state index < -0.39 is 30.5 Å². The van der Waals surface area contributed by atoms with Gasteiger partial charge >= 0.3 is 6.09 Å². The molecule has 1 aromatic heterocycles. The molecule has 1 aliphatic rings. The number of pyridine rings is 1. The SMILES string of the molecule is [2H]C([2H])([2H])C(=O)N1CCN(C(=O)OC(C)(C)C)C[C@H]1c1cc(Cl)nc(Br)c1. The van der Waals surface area contributed by atoms with Crippen LogP contribution in [0, 0.1) is 0 Å². The summed E-state index contributed by atoms with van der Waals surface area (Å²) in [6.07, 6.45) is -0.521. The van der Waals surface area contributed by atoms with E-state index in [1.807, 2.05) is 0 Å². The number of nitrogens with zero attached hydrogens (tertiary/aromatic N) is 3. The van der Waals surface area contributed by atoms with Crippen LogP contribution in [0.15, 0.2) is 16.7 Å². The topological polar surface area (TPSA) is 62.7 Å². The molecule has 0 spiro atoms. The number of amides is 2. The molecule has 1 atom stereocenters. The first-order valence-electron chi connectivity index (χ1n) is 8.90. The molecule has 1 saturated heterocycles. The van der Waals surface area contributed by atoms with Crippen LogP contribution in [0.2, 0.25) is 5.15 Å². The molecule has 6 nitrogen and oxygen atoms in total. The van der Waals surface area contributed by atoms with Crippen LogP contribution >= 0.6 is 27.5 Å². The highest BCUT2D eigenvalue weighted by molar-refractivity contribution is 9.10. The number of aromatic nitrogens is 1. The van der Waals surface area contributed by atoms with Crippen molar-refractivity contribution in [2.45, 2.75) is 39.3 Å². The van der Waals surface area contributed by atoms with E-state index in [-0.39, 0.29) is 24.8 Å². The Kier molecular flexibility index (Phi) is 4.53. The van der Waals surface area contributed by atoms with Gasteiger partial charge in [0.1, 0.15) is 15.4 Å². The van der Waals surface area contributed by atoms with E-state index in [4.69, 9.17) is 20.5 Å². The second-order valence-corrected chi connectivity index (χ2v) is 7.69. The number of piperazine rings is 1. The van der Waals surface area contributed by atoms with E-state index in [2.05, 4.69) is 20.9 Å². The van der Waals surface area contributed by atoms with Gasteiger partial charge in [-0.25, -0.2) is 9.78 Å². The third kappa shape index (κ3) is 4.83. The number of hydrogen-bond acceptors (Lipinski definition) is 4. The molecule has 2 rings (SSSR count). The van der Waals surface area contributed by atoms with Crippen molar-refractivity contribution >= 4 is 39.5 Å². The summed E-state index contributed by atoms with van der Waals surface area (Å²) >= 11 is 9.26. The van der Waals surface area contributed by atoms with Crippen molar-refractivity contribution in [3.05, 3.63) is 27.5 Å². The number of carbonyl (C=O) groups is 2. The minimum absolute atomic E-state index is 0.0681. The molecular weight excluding hydrogens is 398 g/mol. The Hall–Kier alpha value is -1.34. The maximum absolute atomic E-state index is 12.4. The van der Waals surface area contributed by atoms with Gasteiger partial charge in [0.15, 0.2) is 0 Å². The molecule has 8 heteroatoms. The van der Waals surface area contributed by atoms with Gasteiger partial charge in [0.25, 0.3) is 0 Å². The Bertz CT molecular complexity index is 720. The predicted octanol–water partition coefficient (Wildman–Crippen LogP) is 3.64. The number of hydrogen-bond donors (Lipinski definition) is 0. The molecule has 0 N–H and O–H groups in total. The molecule has 24 heavy (non-hydrogen) atoms. The summed E-state index contributed by atoms with van der Waals surface area (Å²) in [5.74, 6) is -0.972. The summed E-state index contributed by atoms with van der Waals surface area (Å²) in [5.41, 5.74) is -0.0888. The zero-order valence-electron chi connectivity index (χ0n) is 16.7. The Morgan fingerprint density at radius 3 is 2.71 bits per heavy atom. The first kappa shape index (κ1) is 15.0. The Balaban J connectivity index is 2.35. The average molecular weight is 422 g/mol. The van der Waals surface area contributed by atoms with Crippen LogP contribution in [0.1, 0.15) is 43.3 Å². The minimum Gasteiger partial charge on any atom is -0.444 e. The third-order valence-electron chi connectivity index (χ3n) is 3.46. The molecule has 0 unspecified atom stereocenters. The molecule has 0 aliphatic carbocycles. The van der Waals surface area contributed by atoms with Crippen molar-refractivity contribution in [1.29, 1.82) is 0 Å². The van der Waals surface area contributed by atoms with Crippen molar-refractivity contribution in [2.75, 3.05) is 19.6 Å². The van der Waals surface area contributed by atoms with Gasteiger partial charge in [-0.15, -0.1) is 0 Å². The lowest BCUT2D eigenvalue weighted by atomic mass is 10.0. The van der Waals surface area contributed by atoms with Crippen LogP contribution < -0.4 is 0 Å². The molecule has 1 fully saturated rings. The van der Waals surface area contributed by atoms with Gasteiger partial charge in [-0.1, -0.05) is 11.6 Å². The summed E-state index contributed by atoms with van der Waals surface area (Å²) in [6.45, 7) is 2.83. The highest BCUT2D eigenvalue weighted by Gasteiger charge is 2.34. The number of rotatable bonds is 1. The van der Waals surface area contributed by atoms with E-state index in [1.165, 1.54) is 9.80 Å². The smallest absolute Gasteiger partial charge is 0.410 e. The van der Waals surface area contributed by atoms with Crippen LogP contribution in [0.5, 0.6) is 0 Å². The van der Waals surface area contributed by atoms with Gasteiger partial charge in [0.05, 0.1) is 6.04 Å². The van der Waals surface area contributed by atoms with Gasteiger partial charge in [-0.2, -0.15) is 0 Å². The fourth-order valence-corrected chi connectivity index (χ4v) is 3.25. The largest absolute Gasteiger partial charge is 0.444 e. The number of halogens is 2. The normalized spacial score (nSPS) is 20.9. The molecule has 0 radical (unpaired) electrons. The lowest BCUT2D eigenvalue weighted by Gasteiger charge is -2.41. The molecule has 0 bridgehead atoms. The highest BCUT2D eigenvalue weighted by Crippen LogP contribution is 2.29. The van der Waals surface area contributed by atoms with E-state index in [9.17, 15) is 9.59 Å². The van der Waals surface area contributed by atoms with Crippen molar-refractivity contribution in [3.8, 4) is 0 Å². The van der Waals surface area contributed by atoms with Gasteiger partial charge in [-0.3, -0.25) is 4.79 Å². The molecule has 2 heterocycles. The first-order chi connectivity index (χ1) is 12.3. The third-order valence-corrected chi connectivity index (χ3v) is 4.06. The maximum atomic E-state index is 12.4. The summed E-state index contributed by atoms with van der Waals surface area (Å²) in [5, 5.41) is 0.190. The van der Waals surface area contributed by atoms with E-state index >= 15 is 0 Å². The van der Waals surface area contributed by atoms with Crippen molar-refractivity contribution in [3.63, 3.8) is 0 Å². The lowest BCUT2D eigenvalue weighted by Crippen LogP contribution is -2.52. The van der Waals surface area contributed by atoms with Crippen LogP contribution in [0.4, 0.5) is 4.79 Å². The van der Waals surface area contributed by atoms with Gasteiger partial charge in [0, 0.05) is 30.6 Å². The monoisotopic (exact) mass is 420 g/mol. The molecule has 1 aromatic rings. The van der Waals surface area contributed by atoms with E-state index in [0.717, 1.165) is 0 Å². The molecular formula is C16H21BrClN3O3. The number of ether oxygens (including phenoxy) is 1. The molecule has 0 aromatic carbocycles. The number of carbonyl (C=O) groups excluding carboxylic acids is 2. The van der Waals surface area contributed by atoms with Gasteiger partial charge < -0.3 is 14.5 Å². The highest BCUT2D eigenvalue weighted by atomic mass is 79.9. The molecule has 2 amide bonds. The summed E-state index contributed by atoms with van der Waals surface area (Å²) in [7, 11) is 0. The van der Waals surface area contributed by atoms with Crippen LogP contribution in [0.3, 0.4) is 0 Å². The maximum Gasteiger partial charge on any atom is 0.410 e. The standard InChI is InChI=1S/C16H21BrClN3O3/c1-10(22)21-6-5-20(15(23)24-16(2,3)4)9-12(21)11-7-13(17)19-14(18)8-11/h7-8,12H,5-6,9H2,1-4H3/t12-/m0/s1/i1D3. The Morgan fingerprint density at radius 2 is 2.12 bits per heavy atom. The zero-order chi connectivity index (χ0) is 20.6. The lowest BCUT2D eigenvalue weighted by molar-refractivity contribution is -0.134. The summed E-state index contributed by atoms with van der Waals surface area (Å²) < 4.78 is 28.2. The van der Waals surface area contributed by atoms with Crippen LogP contribution in [-0.4, -0.2) is 52.0 Å². The summed E-state index contributed by atoms with van der Waals surface area (Å²) in [6, 6.07) is 2.51. The Morgan fingerprint density at radius 1 is 1.42 bits per heavy atom. The Labute approximate surface area is 159 Å². The predicted molar refractivity (Wildman–Crippen MR) is 94.9 cm³/mol. The first-order valence-corrected chi connectivity index (χ1v) is 8.57. The molecule has 132 valence electrons. The van der Waals surface area contributed by atoms with Crippen molar-refractivity contribution in [1.82, 2.24) is 14.8 Å². The van der Waals surface area contributed by atoms with Crippen LogP contribution in [-0.2, 0) is 9.53 Å². The van der Waals surface area contributed by atoms with Gasteiger partial charge in [0.2, 0.25) is 5.91 Å². The molecule has 1 aliphatic heterocycles. The second-order valence-electron chi connectivity index (χ2n) is 6.49. The van der Waals surface area contributed by atoms with Crippen molar-refractivity contribution < 1.29 is 18.4 Å². The fraction of sp³-hybridized carbons (Fsp3) is 0.562. The van der Waals surface area contributed by atoms with E-state index in [0.29, 0.717) is 10.2 Å². The average Bonchev–Trinajstić information content (AvgIpc) is 2.50. The van der Waals surface area contributed by atoms with Crippen LogP contribution in [0.25, 0.3) is 0 Å². The minimum atomic E-state index is -2.78. The van der Waals surface area contributed by atoms with Gasteiger partial charge in [-0.05, 0) is 54.4 Å². The fourth-order valence-electron chi connectivity index (χ4n) is 2.48. The second kappa shape index (κ2) is 7.27. The van der Waals surface area contributed by atoms with E-state index in [1.54, 1.807) is 32.9 Å². The zero-order valence-corrected chi connectivity index (χ0v) is 16.0. The quantitative estimate of drug-likeness (QED) is 0.650. The summed E-state index contributed by atoms with van der Waals surface area (Å²) in [4.78, 5) is 31.6. The van der Waals surface area contributed by atoms with Crippen molar-refractivity contribution in [2.24, 2.45) is 0 Å². The molecule has 0 saturated carbocycles.